The molecule has 0 heterocycles. The average molecular weight is 437 g/mol. The number of Topliss-reactive ketones (excluding diaryl/α,β-unsaturated/α-hetero) is 1. The Balaban J connectivity index is 1.71. The SMILES string of the molecule is CCc1ccc(Oc2ccc(C(F)(F)F)cc2Cl)cc1C1=C(O)[C@@H]2CC[C@@H](C2)C1=O. The molecule has 2 aliphatic rings. The standard InChI is InChI=1S/C23H20ClF3O3/c1-2-12-5-7-16(30-19-8-6-15(10-18(19)24)23(25,26)27)11-17(12)20-21(28)13-3-4-14(9-13)22(20)29/h5-8,10-11,13-14,28H,2-4,9H2,1H3/t13-,14+/m1/s1. The maximum Gasteiger partial charge on any atom is 0.416 e. The van der Waals surface area contributed by atoms with Crippen molar-refractivity contribution in [3.05, 3.63) is 63.9 Å². The number of hydrogen-bond acceptors (Lipinski definition) is 3. The first-order chi connectivity index (χ1) is 14.2. The molecule has 4 rings (SSSR count). The first-order valence-corrected chi connectivity index (χ1v) is 10.2. The van der Waals surface area contributed by atoms with Crippen molar-refractivity contribution in [1.82, 2.24) is 0 Å². The lowest BCUT2D eigenvalue weighted by molar-refractivity contribution is -0.137. The second-order valence-corrected chi connectivity index (χ2v) is 8.16. The van der Waals surface area contributed by atoms with Crippen molar-refractivity contribution in [2.75, 3.05) is 0 Å². The van der Waals surface area contributed by atoms with Crippen molar-refractivity contribution in [3.8, 4) is 11.5 Å². The van der Waals surface area contributed by atoms with Crippen molar-refractivity contribution >= 4 is 23.0 Å². The number of aryl methyl sites for hydroxylation is 1. The molecule has 0 unspecified atom stereocenters. The van der Waals surface area contributed by atoms with Crippen molar-refractivity contribution in [2.45, 2.75) is 38.8 Å². The van der Waals surface area contributed by atoms with Crippen LogP contribution in [0.4, 0.5) is 13.2 Å². The fraction of sp³-hybridized carbons (Fsp3) is 0.348. The first-order valence-electron chi connectivity index (χ1n) is 9.84. The summed E-state index contributed by atoms with van der Waals surface area (Å²) in [7, 11) is 0. The van der Waals surface area contributed by atoms with Crippen LogP contribution in [0, 0.1) is 11.8 Å². The average Bonchev–Trinajstić information content (AvgIpc) is 3.15. The number of ketones is 1. The number of hydrogen-bond donors (Lipinski definition) is 1. The van der Waals surface area contributed by atoms with Crippen molar-refractivity contribution in [1.29, 1.82) is 0 Å². The molecule has 2 atom stereocenters. The lowest BCUT2D eigenvalue weighted by atomic mass is 9.81. The van der Waals surface area contributed by atoms with Gasteiger partial charge < -0.3 is 9.84 Å². The minimum Gasteiger partial charge on any atom is -0.511 e. The number of carbonyl (C=O) groups excluding carboxylic acids is 1. The van der Waals surface area contributed by atoms with E-state index in [9.17, 15) is 23.1 Å². The first kappa shape index (κ1) is 20.8. The quantitative estimate of drug-likeness (QED) is 0.562. The number of carbonyl (C=O) groups is 1. The van der Waals surface area contributed by atoms with Gasteiger partial charge >= 0.3 is 6.18 Å². The molecule has 0 amide bonds. The third kappa shape index (κ3) is 3.69. The Bertz CT molecular complexity index is 1040. The molecule has 0 radical (unpaired) electrons. The molecular weight excluding hydrogens is 417 g/mol. The van der Waals surface area contributed by atoms with Crippen LogP contribution < -0.4 is 4.74 Å². The second kappa shape index (κ2) is 7.65. The Morgan fingerprint density at radius 2 is 1.87 bits per heavy atom. The zero-order valence-corrected chi connectivity index (χ0v) is 17.0. The number of rotatable bonds is 4. The fourth-order valence-corrected chi connectivity index (χ4v) is 4.54. The monoisotopic (exact) mass is 436 g/mol. The number of halogens is 4. The van der Waals surface area contributed by atoms with E-state index in [0.717, 1.165) is 30.5 Å². The van der Waals surface area contributed by atoms with Crippen LogP contribution >= 0.6 is 11.6 Å². The predicted molar refractivity (Wildman–Crippen MR) is 108 cm³/mol. The van der Waals surface area contributed by atoms with Gasteiger partial charge in [0.25, 0.3) is 0 Å². The van der Waals surface area contributed by atoms with Crippen LogP contribution in [-0.4, -0.2) is 10.9 Å². The van der Waals surface area contributed by atoms with Gasteiger partial charge in [-0.1, -0.05) is 24.6 Å². The lowest BCUT2D eigenvalue weighted by Crippen LogP contribution is -2.21. The summed E-state index contributed by atoms with van der Waals surface area (Å²) in [5.41, 5.74) is 0.976. The second-order valence-electron chi connectivity index (χ2n) is 7.75. The van der Waals surface area contributed by atoms with Crippen LogP contribution in [0.2, 0.25) is 5.02 Å². The molecule has 2 bridgehead atoms. The lowest BCUT2D eigenvalue weighted by Gasteiger charge is -2.23. The van der Waals surface area contributed by atoms with Crippen LogP contribution in [0.3, 0.4) is 0 Å². The molecule has 2 aromatic carbocycles. The summed E-state index contributed by atoms with van der Waals surface area (Å²) in [6, 6.07) is 8.01. The smallest absolute Gasteiger partial charge is 0.416 e. The number of aliphatic hydroxyl groups excluding tert-OH is 1. The number of aliphatic hydroxyl groups is 1. The molecule has 30 heavy (non-hydrogen) atoms. The Labute approximate surface area is 177 Å². The van der Waals surface area contributed by atoms with Gasteiger partial charge in [-0.25, -0.2) is 0 Å². The summed E-state index contributed by atoms with van der Waals surface area (Å²) in [5, 5.41) is 10.6. The van der Waals surface area contributed by atoms with Crippen LogP contribution in [-0.2, 0) is 17.4 Å². The molecule has 1 saturated carbocycles. The van der Waals surface area contributed by atoms with Gasteiger partial charge in [-0.3, -0.25) is 4.79 Å². The summed E-state index contributed by atoms with van der Waals surface area (Å²) < 4.78 is 44.3. The van der Waals surface area contributed by atoms with E-state index in [2.05, 4.69) is 0 Å². The largest absolute Gasteiger partial charge is 0.511 e. The molecule has 0 aliphatic heterocycles. The highest BCUT2D eigenvalue weighted by molar-refractivity contribution is 6.32. The number of alkyl halides is 3. The van der Waals surface area contributed by atoms with Crippen LogP contribution in [0.5, 0.6) is 11.5 Å². The van der Waals surface area contributed by atoms with Gasteiger partial charge in [0.2, 0.25) is 0 Å². The Morgan fingerprint density at radius 3 is 2.53 bits per heavy atom. The molecule has 0 saturated heterocycles. The molecule has 1 N–H and O–H groups in total. The van der Waals surface area contributed by atoms with E-state index in [4.69, 9.17) is 16.3 Å². The summed E-state index contributed by atoms with van der Waals surface area (Å²) in [6.45, 7) is 1.95. The molecule has 3 nitrogen and oxygen atoms in total. The zero-order chi connectivity index (χ0) is 21.6. The maximum absolute atomic E-state index is 12.9. The van der Waals surface area contributed by atoms with Crippen LogP contribution in [0.1, 0.15) is 42.9 Å². The highest BCUT2D eigenvalue weighted by atomic mass is 35.5. The number of fused-ring (bicyclic) bond motifs is 2. The van der Waals surface area contributed by atoms with E-state index < -0.39 is 11.7 Å². The van der Waals surface area contributed by atoms with Crippen LogP contribution in [0.25, 0.3) is 5.57 Å². The van der Waals surface area contributed by atoms with Gasteiger partial charge in [-0.2, -0.15) is 13.2 Å². The van der Waals surface area contributed by atoms with E-state index in [0.29, 0.717) is 29.7 Å². The van der Waals surface area contributed by atoms with E-state index in [1.54, 1.807) is 18.2 Å². The summed E-state index contributed by atoms with van der Waals surface area (Å²) in [4.78, 5) is 12.9. The minimum absolute atomic E-state index is 0.00124. The Morgan fingerprint density at radius 1 is 1.13 bits per heavy atom. The third-order valence-corrected chi connectivity index (χ3v) is 6.21. The summed E-state index contributed by atoms with van der Waals surface area (Å²) in [6.07, 6.45) is -1.59. The van der Waals surface area contributed by atoms with Crippen molar-refractivity contribution in [2.24, 2.45) is 11.8 Å². The maximum atomic E-state index is 12.9. The predicted octanol–water partition coefficient (Wildman–Crippen LogP) is 6.98. The molecule has 1 fully saturated rings. The number of allylic oxidation sites excluding steroid dienone is 2. The van der Waals surface area contributed by atoms with Gasteiger partial charge in [-0.15, -0.1) is 0 Å². The van der Waals surface area contributed by atoms with Crippen molar-refractivity contribution < 1.29 is 27.8 Å². The topological polar surface area (TPSA) is 46.5 Å². The molecule has 158 valence electrons. The number of ether oxygens (including phenoxy) is 1. The summed E-state index contributed by atoms with van der Waals surface area (Å²) in [5.74, 6) is 0.415. The Kier molecular flexibility index (Phi) is 5.30. The highest BCUT2D eigenvalue weighted by Crippen LogP contribution is 2.46. The zero-order valence-electron chi connectivity index (χ0n) is 16.2. The molecule has 7 heteroatoms. The number of benzene rings is 2. The van der Waals surface area contributed by atoms with E-state index in [1.165, 1.54) is 6.07 Å². The molecule has 2 aliphatic carbocycles. The van der Waals surface area contributed by atoms with E-state index >= 15 is 0 Å². The van der Waals surface area contributed by atoms with Gasteiger partial charge in [-0.05, 0) is 67.1 Å². The van der Waals surface area contributed by atoms with E-state index in [1.807, 2.05) is 6.92 Å². The van der Waals surface area contributed by atoms with Gasteiger partial charge in [0.1, 0.15) is 17.3 Å². The molecular formula is C23H20ClF3O3. The fourth-order valence-electron chi connectivity index (χ4n) is 4.32. The molecule has 0 aromatic heterocycles. The van der Waals surface area contributed by atoms with Crippen LogP contribution in [0.15, 0.2) is 42.2 Å². The normalized spacial score (nSPS) is 21.3. The highest BCUT2D eigenvalue weighted by Gasteiger charge is 2.41. The Hall–Kier alpha value is -2.47. The third-order valence-electron chi connectivity index (χ3n) is 5.91. The van der Waals surface area contributed by atoms with Gasteiger partial charge in [0.05, 0.1) is 16.2 Å². The minimum atomic E-state index is -4.50. The van der Waals surface area contributed by atoms with Gasteiger partial charge in [0.15, 0.2) is 5.78 Å². The van der Waals surface area contributed by atoms with Crippen molar-refractivity contribution in [3.63, 3.8) is 0 Å². The van der Waals surface area contributed by atoms with E-state index in [-0.39, 0.29) is 34.2 Å². The molecule has 2 aromatic rings. The summed E-state index contributed by atoms with van der Waals surface area (Å²) >= 11 is 6.00. The van der Waals surface area contributed by atoms with Gasteiger partial charge in [0, 0.05) is 11.8 Å². The molecule has 0 spiro atoms.